The maximum atomic E-state index is 13.5. The number of ether oxygens (including phenoxy) is 4. The van der Waals surface area contributed by atoms with Crippen LogP contribution >= 0.6 is 0 Å². The van der Waals surface area contributed by atoms with Gasteiger partial charge in [-0.2, -0.15) is 0 Å². The zero-order valence-corrected chi connectivity index (χ0v) is 26.1. The lowest BCUT2D eigenvalue weighted by atomic mass is 10.0. The van der Waals surface area contributed by atoms with Crippen LogP contribution in [0.15, 0.2) is 36.4 Å². The summed E-state index contributed by atoms with van der Waals surface area (Å²) >= 11 is 0. The summed E-state index contributed by atoms with van der Waals surface area (Å²) in [6.07, 6.45) is -0.101. The molecule has 3 atom stereocenters. The molecule has 1 fully saturated rings. The number of nitrogens with zero attached hydrogens (tertiary/aromatic N) is 3. The molecule has 2 aromatic rings. The van der Waals surface area contributed by atoms with Gasteiger partial charge in [0.2, 0.25) is 18.6 Å². The molecule has 1 saturated heterocycles. The van der Waals surface area contributed by atoms with Crippen molar-refractivity contribution in [3.63, 3.8) is 0 Å². The largest absolute Gasteiger partial charge is 0.488 e. The van der Waals surface area contributed by atoms with Crippen molar-refractivity contribution in [3.8, 4) is 17.2 Å². The van der Waals surface area contributed by atoms with E-state index in [1.54, 1.807) is 55.3 Å². The third-order valence-electron chi connectivity index (χ3n) is 8.38. The molecule has 0 radical (unpaired) electrons. The number of aliphatic hydroxyl groups is 1. The zero-order chi connectivity index (χ0) is 31.9. The Balaban J connectivity index is 1.30. The van der Waals surface area contributed by atoms with E-state index in [4.69, 9.17) is 18.9 Å². The number of aliphatic hydroxyl groups excluding tert-OH is 1. The maximum Gasteiger partial charge on any atom is 0.321 e. The summed E-state index contributed by atoms with van der Waals surface area (Å²) in [7, 11) is 1.68. The van der Waals surface area contributed by atoms with Crippen LogP contribution in [0.1, 0.15) is 25.8 Å². The lowest BCUT2D eigenvalue weighted by molar-refractivity contribution is -0.134. The number of anilines is 2. The van der Waals surface area contributed by atoms with Crippen LogP contribution in [0, 0.1) is 5.92 Å². The molecule has 3 aliphatic heterocycles. The molecule has 13 nitrogen and oxygen atoms in total. The molecule has 4 amide bonds. The normalized spacial score (nSPS) is 20.6. The van der Waals surface area contributed by atoms with Crippen LogP contribution in [-0.2, 0) is 20.7 Å². The van der Waals surface area contributed by atoms with E-state index >= 15 is 0 Å². The molecule has 3 aliphatic rings. The van der Waals surface area contributed by atoms with Crippen LogP contribution < -0.4 is 24.8 Å². The highest BCUT2D eigenvalue weighted by atomic mass is 16.7. The SMILES string of the molecule is C[C@H](CO)N1C[C@H](C)[C@H](CN(C)C(=O)Nc2ccc3c(c2)OCO3)Oc2ccc(NC(=O)CCN3CCOCC3)cc2CC1=O. The van der Waals surface area contributed by atoms with Gasteiger partial charge in [-0.3, -0.25) is 14.5 Å². The summed E-state index contributed by atoms with van der Waals surface area (Å²) in [6.45, 7) is 7.89. The molecule has 5 rings (SSSR count). The van der Waals surface area contributed by atoms with Crippen molar-refractivity contribution in [1.82, 2.24) is 14.7 Å². The highest BCUT2D eigenvalue weighted by Crippen LogP contribution is 2.34. The van der Waals surface area contributed by atoms with E-state index in [1.165, 1.54) is 4.90 Å². The van der Waals surface area contributed by atoms with Crippen LogP contribution in [0.4, 0.5) is 16.2 Å². The fraction of sp³-hybridized carbons (Fsp3) is 0.531. The second-order valence-electron chi connectivity index (χ2n) is 11.8. The monoisotopic (exact) mass is 625 g/mol. The number of likely N-dealkylation sites (N-methyl/N-ethyl adjacent to an activating group) is 1. The van der Waals surface area contributed by atoms with Gasteiger partial charge in [-0.1, -0.05) is 6.92 Å². The molecule has 2 aromatic carbocycles. The lowest BCUT2D eigenvalue weighted by Crippen LogP contribution is -2.48. The van der Waals surface area contributed by atoms with Gasteiger partial charge in [0.1, 0.15) is 11.9 Å². The van der Waals surface area contributed by atoms with E-state index in [0.717, 1.165) is 13.1 Å². The molecule has 0 unspecified atom stereocenters. The number of nitrogens with one attached hydrogen (secondary N) is 2. The molecular weight excluding hydrogens is 582 g/mol. The average Bonchev–Trinajstić information content (AvgIpc) is 3.52. The molecule has 0 bridgehead atoms. The van der Waals surface area contributed by atoms with Crippen molar-refractivity contribution in [2.45, 2.75) is 38.8 Å². The van der Waals surface area contributed by atoms with Crippen LogP contribution in [-0.4, -0.2) is 116 Å². The van der Waals surface area contributed by atoms with Gasteiger partial charge in [0, 0.05) is 68.6 Å². The Morgan fingerprint density at radius 3 is 2.51 bits per heavy atom. The molecule has 0 aliphatic carbocycles. The number of hydrogen-bond donors (Lipinski definition) is 3. The Labute approximate surface area is 263 Å². The molecule has 0 aromatic heterocycles. The Kier molecular flexibility index (Phi) is 10.6. The van der Waals surface area contributed by atoms with Crippen molar-refractivity contribution < 1.29 is 38.4 Å². The quantitative estimate of drug-likeness (QED) is 0.383. The maximum absolute atomic E-state index is 13.5. The summed E-state index contributed by atoms with van der Waals surface area (Å²) < 4.78 is 22.7. The van der Waals surface area contributed by atoms with Gasteiger partial charge in [-0.05, 0) is 37.3 Å². The van der Waals surface area contributed by atoms with E-state index in [0.29, 0.717) is 66.9 Å². The molecule has 0 saturated carbocycles. The van der Waals surface area contributed by atoms with E-state index in [-0.39, 0.29) is 50.1 Å². The standard InChI is InChI=1S/C32H43N5O8/c1-21-17-37(22(2)19-38)31(40)15-23-14-24(33-30(39)8-9-36-10-12-42-13-11-36)4-6-26(23)45-29(21)18-35(3)32(41)34-25-5-7-27-28(16-25)44-20-43-27/h4-7,14,16,21-22,29,38H,8-13,15,17-20H2,1-3H3,(H,33,39)(H,34,41)/t21-,22+,29-/m0/s1. The summed E-state index contributed by atoms with van der Waals surface area (Å²) in [5.74, 6) is 1.24. The third-order valence-corrected chi connectivity index (χ3v) is 8.38. The number of fused-ring (bicyclic) bond motifs is 2. The Morgan fingerprint density at radius 1 is 1.04 bits per heavy atom. The Morgan fingerprint density at radius 2 is 1.76 bits per heavy atom. The first-order valence-electron chi connectivity index (χ1n) is 15.4. The first-order valence-corrected chi connectivity index (χ1v) is 15.4. The minimum Gasteiger partial charge on any atom is -0.488 e. The van der Waals surface area contributed by atoms with Gasteiger partial charge in [-0.15, -0.1) is 0 Å². The van der Waals surface area contributed by atoms with Crippen molar-refractivity contribution in [2.24, 2.45) is 5.92 Å². The van der Waals surface area contributed by atoms with Gasteiger partial charge in [0.05, 0.1) is 38.8 Å². The fourth-order valence-corrected chi connectivity index (χ4v) is 5.58. The van der Waals surface area contributed by atoms with Gasteiger partial charge in [-0.25, -0.2) is 4.79 Å². The number of urea groups is 1. The molecule has 3 heterocycles. The van der Waals surface area contributed by atoms with Crippen LogP contribution in [0.5, 0.6) is 17.2 Å². The second-order valence-corrected chi connectivity index (χ2v) is 11.8. The lowest BCUT2D eigenvalue weighted by Gasteiger charge is -2.34. The van der Waals surface area contributed by atoms with Crippen molar-refractivity contribution in [3.05, 3.63) is 42.0 Å². The van der Waals surface area contributed by atoms with E-state index < -0.39 is 12.1 Å². The topological polar surface area (TPSA) is 142 Å². The summed E-state index contributed by atoms with van der Waals surface area (Å²) in [4.78, 5) is 44.8. The first-order chi connectivity index (χ1) is 21.7. The summed E-state index contributed by atoms with van der Waals surface area (Å²) in [5, 5.41) is 15.8. The number of amides is 4. The van der Waals surface area contributed by atoms with Gasteiger partial charge >= 0.3 is 6.03 Å². The first kappa shape index (κ1) is 32.3. The molecule has 244 valence electrons. The van der Waals surface area contributed by atoms with Gasteiger partial charge < -0.3 is 44.5 Å². The van der Waals surface area contributed by atoms with Crippen molar-refractivity contribution >= 4 is 29.2 Å². The fourth-order valence-electron chi connectivity index (χ4n) is 5.58. The molecule has 45 heavy (non-hydrogen) atoms. The second kappa shape index (κ2) is 14.8. The van der Waals surface area contributed by atoms with Gasteiger partial charge in [0.25, 0.3) is 0 Å². The number of morpholine rings is 1. The number of carbonyl (C=O) groups excluding carboxylic acids is 3. The van der Waals surface area contributed by atoms with Crippen LogP contribution in [0.2, 0.25) is 0 Å². The summed E-state index contributed by atoms with van der Waals surface area (Å²) in [5.41, 5.74) is 1.76. The molecular formula is C32H43N5O8. The minimum absolute atomic E-state index is 0.0387. The van der Waals surface area contributed by atoms with Crippen molar-refractivity contribution in [2.75, 3.05) is 77.0 Å². The third kappa shape index (κ3) is 8.35. The van der Waals surface area contributed by atoms with Gasteiger partial charge in [0.15, 0.2) is 11.5 Å². The minimum atomic E-state index is -0.482. The zero-order valence-electron chi connectivity index (χ0n) is 26.1. The Bertz CT molecular complexity index is 1370. The smallest absolute Gasteiger partial charge is 0.321 e. The van der Waals surface area contributed by atoms with E-state index in [9.17, 15) is 19.5 Å². The highest BCUT2D eigenvalue weighted by Gasteiger charge is 2.32. The number of hydrogen-bond acceptors (Lipinski definition) is 9. The summed E-state index contributed by atoms with van der Waals surface area (Å²) in [6, 6.07) is 9.75. The van der Waals surface area contributed by atoms with Crippen LogP contribution in [0.3, 0.4) is 0 Å². The average molecular weight is 626 g/mol. The molecule has 3 N–H and O–H groups in total. The number of rotatable bonds is 9. The van der Waals surface area contributed by atoms with E-state index in [2.05, 4.69) is 15.5 Å². The van der Waals surface area contributed by atoms with E-state index in [1.807, 2.05) is 6.92 Å². The number of benzene rings is 2. The number of carbonyl (C=O) groups is 3. The van der Waals surface area contributed by atoms with Crippen molar-refractivity contribution in [1.29, 1.82) is 0 Å². The molecule has 0 spiro atoms. The highest BCUT2D eigenvalue weighted by molar-refractivity contribution is 5.91. The molecule has 13 heteroatoms. The Hall–Kier alpha value is -4.07. The van der Waals surface area contributed by atoms with Crippen LogP contribution in [0.25, 0.3) is 0 Å². The predicted molar refractivity (Wildman–Crippen MR) is 167 cm³/mol. The predicted octanol–water partition coefficient (Wildman–Crippen LogP) is 2.39.